The van der Waals surface area contributed by atoms with Gasteiger partial charge in [-0.2, -0.15) is 4.31 Å². The molecule has 0 aliphatic carbocycles. The summed E-state index contributed by atoms with van der Waals surface area (Å²) in [6.45, 7) is 3.28. The van der Waals surface area contributed by atoms with Gasteiger partial charge < -0.3 is 10.0 Å². The highest BCUT2D eigenvalue weighted by Crippen LogP contribution is 2.33. The molecule has 7 heteroatoms. The Kier molecular flexibility index (Phi) is 5.74. The standard InChI is InChI=1S/C16H25ClN2O3S/c1-13-5-6-14(9-15(13)17)23(21,22)19-8-4-7-16(11-19,12-20)10-18(2)3/h5-6,9,20H,4,7-8,10-12H2,1-3H3. The minimum Gasteiger partial charge on any atom is -0.396 e. The third-order valence-electron chi connectivity index (χ3n) is 4.39. The molecular formula is C16H25ClN2O3S. The Bertz CT molecular complexity index is 663. The molecule has 1 aromatic carbocycles. The first-order valence-electron chi connectivity index (χ1n) is 7.72. The Morgan fingerprint density at radius 2 is 2.09 bits per heavy atom. The topological polar surface area (TPSA) is 60.9 Å². The van der Waals surface area contributed by atoms with Gasteiger partial charge in [0.15, 0.2) is 0 Å². The monoisotopic (exact) mass is 360 g/mol. The number of nitrogens with zero attached hydrogens (tertiary/aromatic N) is 2. The number of piperidine rings is 1. The van der Waals surface area contributed by atoms with Crippen molar-refractivity contribution in [2.75, 3.05) is 40.3 Å². The second-order valence-electron chi connectivity index (χ2n) is 6.75. The van der Waals surface area contributed by atoms with Crippen molar-refractivity contribution in [2.45, 2.75) is 24.7 Å². The third kappa shape index (κ3) is 4.06. The number of rotatable bonds is 5. The van der Waals surface area contributed by atoms with Crippen LogP contribution in [0.3, 0.4) is 0 Å². The summed E-state index contributed by atoms with van der Waals surface area (Å²) in [5, 5.41) is 10.3. The second-order valence-corrected chi connectivity index (χ2v) is 9.09. The highest BCUT2D eigenvalue weighted by Gasteiger charge is 2.40. The van der Waals surface area contributed by atoms with Crippen LogP contribution in [0.4, 0.5) is 0 Å². The number of benzene rings is 1. The molecule has 1 unspecified atom stereocenters. The van der Waals surface area contributed by atoms with Crippen molar-refractivity contribution in [1.82, 2.24) is 9.21 Å². The highest BCUT2D eigenvalue weighted by molar-refractivity contribution is 7.89. The summed E-state index contributed by atoms with van der Waals surface area (Å²) in [6.07, 6.45) is 1.57. The van der Waals surface area contributed by atoms with Gasteiger partial charge in [0.1, 0.15) is 0 Å². The molecule has 0 bridgehead atoms. The molecule has 1 aliphatic heterocycles. The molecule has 1 saturated heterocycles. The number of hydrogen-bond acceptors (Lipinski definition) is 4. The summed E-state index contributed by atoms with van der Waals surface area (Å²) < 4.78 is 27.3. The molecule has 1 aromatic rings. The minimum absolute atomic E-state index is 0.0220. The van der Waals surface area contributed by atoms with E-state index in [0.717, 1.165) is 18.4 Å². The Morgan fingerprint density at radius 1 is 1.39 bits per heavy atom. The van der Waals surface area contributed by atoms with Gasteiger partial charge in [-0.15, -0.1) is 0 Å². The number of hydrogen-bond donors (Lipinski definition) is 1. The lowest BCUT2D eigenvalue weighted by Crippen LogP contribution is -2.51. The quantitative estimate of drug-likeness (QED) is 0.872. The van der Waals surface area contributed by atoms with Crippen molar-refractivity contribution in [2.24, 2.45) is 5.41 Å². The molecule has 0 spiro atoms. The molecule has 2 rings (SSSR count). The molecule has 1 N–H and O–H groups in total. The van der Waals surface area contributed by atoms with Crippen LogP contribution in [0.1, 0.15) is 18.4 Å². The minimum atomic E-state index is -3.60. The van der Waals surface area contributed by atoms with Crippen LogP contribution in [0, 0.1) is 12.3 Å². The summed E-state index contributed by atoms with van der Waals surface area (Å²) in [5.41, 5.74) is 0.435. The van der Waals surface area contributed by atoms with E-state index < -0.39 is 15.4 Å². The van der Waals surface area contributed by atoms with E-state index >= 15 is 0 Å². The number of aliphatic hydroxyl groups excluding tert-OH is 1. The van der Waals surface area contributed by atoms with E-state index in [1.54, 1.807) is 12.1 Å². The Hall–Kier alpha value is -0.660. The zero-order valence-corrected chi connectivity index (χ0v) is 15.5. The maximum absolute atomic E-state index is 12.9. The van der Waals surface area contributed by atoms with Crippen LogP contribution < -0.4 is 0 Å². The van der Waals surface area contributed by atoms with Gasteiger partial charge in [0, 0.05) is 30.1 Å². The fourth-order valence-corrected chi connectivity index (χ4v) is 5.09. The van der Waals surface area contributed by atoms with Crippen molar-refractivity contribution in [3.05, 3.63) is 28.8 Å². The largest absolute Gasteiger partial charge is 0.396 e. The van der Waals surface area contributed by atoms with Crippen LogP contribution in [-0.2, 0) is 10.0 Å². The first kappa shape index (κ1) is 18.7. The van der Waals surface area contributed by atoms with Crippen molar-refractivity contribution < 1.29 is 13.5 Å². The van der Waals surface area contributed by atoms with Gasteiger partial charge in [0.05, 0.1) is 11.5 Å². The average Bonchev–Trinajstić information content (AvgIpc) is 2.49. The van der Waals surface area contributed by atoms with E-state index in [1.807, 2.05) is 25.9 Å². The van der Waals surface area contributed by atoms with Crippen molar-refractivity contribution in [1.29, 1.82) is 0 Å². The van der Waals surface area contributed by atoms with E-state index in [-0.39, 0.29) is 11.5 Å². The predicted octanol–water partition coefficient (Wildman–Crippen LogP) is 1.97. The highest BCUT2D eigenvalue weighted by atomic mass is 35.5. The van der Waals surface area contributed by atoms with Crippen LogP contribution >= 0.6 is 11.6 Å². The molecule has 0 radical (unpaired) electrons. The van der Waals surface area contributed by atoms with E-state index in [4.69, 9.17) is 11.6 Å². The predicted molar refractivity (Wildman–Crippen MR) is 92.3 cm³/mol. The molecule has 1 fully saturated rings. The molecule has 130 valence electrons. The Morgan fingerprint density at radius 3 is 2.65 bits per heavy atom. The van der Waals surface area contributed by atoms with Gasteiger partial charge in [-0.25, -0.2) is 8.42 Å². The molecule has 1 heterocycles. The van der Waals surface area contributed by atoms with Gasteiger partial charge in [-0.3, -0.25) is 0 Å². The Labute approximate surface area is 143 Å². The van der Waals surface area contributed by atoms with Crippen molar-refractivity contribution >= 4 is 21.6 Å². The number of sulfonamides is 1. The van der Waals surface area contributed by atoms with Crippen molar-refractivity contribution in [3.63, 3.8) is 0 Å². The maximum Gasteiger partial charge on any atom is 0.243 e. The third-order valence-corrected chi connectivity index (χ3v) is 6.64. The van der Waals surface area contributed by atoms with Crippen LogP contribution in [0.25, 0.3) is 0 Å². The molecule has 0 saturated carbocycles. The van der Waals surface area contributed by atoms with Gasteiger partial charge >= 0.3 is 0 Å². The van der Waals surface area contributed by atoms with Crippen LogP contribution in [-0.4, -0.2) is 63.1 Å². The molecule has 5 nitrogen and oxygen atoms in total. The van der Waals surface area contributed by atoms with E-state index in [2.05, 4.69) is 0 Å². The lowest BCUT2D eigenvalue weighted by atomic mass is 9.81. The van der Waals surface area contributed by atoms with E-state index in [9.17, 15) is 13.5 Å². The van der Waals surface area contributed by atoms with Gasteiger partial charge in [-0.05, 0) is 51.6 Å². The summed E-state index contributed by atoms with van der Waals surface area (Å²) in [4.78, 5) is 2.21. The lowest BCUT2D eigenvalue weighted by molar-refractivity contribution is 0.0409. The number of aryl methyl sites for hydroxylation is 1. The average molecular weight is 361 g/mol. The first-order valence-corrected chi connectivity index (χ1v) is 9.54. The number of aliphatic hydroxyl groups is 1. The smallest absolute Gasteiger partial charge is 0.243 e. The second kappa shape index (κ2) is 7.07. The van der Waals surface area contributed by atoms with Gasteiger partial charge in [-0.1, -0.05) is 17.7 Å². The van der Waals surface area contributed by atoms with Crippen LogP contribution in [0.15, 0.2) is 23.1 Å². The first-order chi connectivity index (χ1) is 10.7. The van der Waals surface area contributed by atoms with E-state index in [0.29, 0.717) is 24.7 Å². The number of halogens is 1. The summed E-state index contributed by atoms with van der Waals surface area (Å²) in [5.74, 6) is 0. The molecule has 1 aliphatic rings. The van der Waals surface area contributed by atoms with E-state index in [1.165, 1.54) is 10.4 Å². The summed E-state index contributed by atoms with van der Waals surface area (Å²) >= 11 is 6.08. The SMILES string of the molecule is Cc1ccc(S(=O)(=O)N2CCCC(CO)(CN(C)C)C2)cc1Cl. The fourth-order valence-electron chi connectivity index (χ4n) is 3.23. The maximum atomic E-state index is 12.9. The van der Waals surface area contributed by atoms with Crippen LogP contribution in [0.5, 0.6) is 0 Å². The zero-order chi connectivity index (χ0) is 17.3. The normalized spacial score (nSPS) is 23.4. The summed E-state index contributed by atoms with van der Waals surface area (Å²) in [7, 11) is 0.271. The fraction of sp³-hybridized carbons (Fsp3) is 0.625. The van der Waals surface area contributed by atoms with Gasteiger partial charge in [0.2, 0.25) is 10.0 Å². The van der Waals surface area contributed by atoms with Crippen molar-refractivity contribution in [3.8, 4) is 0 Å². The molecule has 23 heavy (non-hydrogen) atoms. The Balaban J connectivity index is 2.30. The van der Waals surface area contributed by atoms with Crippen LogP contribution in [0.2, 0.25) is 5.02 Å². The molecular weight excluding hydrogens is 336 g/mol. The lowest BCUT2D eigenvalue weighted by Gasteiger charge is -2.42. The molecule has 0 amide bonds. The van der Waals surface area contributed by atoms with Gasteiger partial charge in [0.25, 0.3) is 0 Å². The summed E-state index contributed by atoms with van der Waals surface area (Å²) in [6, 6.07) is 4.82. The molecule has 0 aromatic heterocycles. The zero-order valence-electron chi connectivity index (χ0n) is 13.9. The molecule has 1 atom stereocenters.